The minimum atomic E-state index is 0.423. The van der Waals surface area contributed by atoms with Gasteiger partial charge in [-0.15, -0.1) is 11.3 Å². The summed E-state index contributed by atoms with van der Waals surface area (Å²) in [4.78, 5) is 8.10. The molecule has 1 unspecified atom stereocenters. The summed E-state index contributed by atoms with van der Waals surface area (Å²) in [5.74, 6) is 0. The van der Waals surface area contributed by atoms with E-state index in [4.69, 9.17) is 5.73 Å². The first-order chi connectivity index (χ1) is 9.19. The lowest BCUT2D eigenvalue weighted by Gasteiger charge is -2.39. The van der Waals surface area contributed by atoms with E-state index in [0.29, 0.717) is 6.04 Å². The van der Waals surface area contributed by atoms with Crippen molar-refractivity contribution in [2.45, 2.75) is 38.8 Å². The van der Waals surface area contributed by atoms with E-state index >= 15 is 0 Å². The summed E-state index contributed by atoms with van der Waals surface area (Å²) in [6.45, 7) is 9.96. The van der Waals surface area contributed by atoms with E-state index in [9.17, 15) is 0 Å². The Morgan fingerprint density at radius 1 is 1.26 bits per heavy atom. The molecule has 2 aliphatic rings. The normalized spacial score (nSPS) is 23.7. The fourth-order valence-corrected chi connectivity index (χ4v) is 4.29. The number of piperazine rings is 1. The van der Waals surface area contributed by atoms with Gasteiger partial charge in [-0.2, -0.15) is 0 Å². The van der Waals surface area contributed by atoms with Crippen LogP contribution >= 0.6 is 11.3 Å². The topological polar surface area (TPSA) is 32.5 Å². The smallest absolute Gasteiger partial charge is 0.0482 e. The van der Waals surface area contributed by atoms with Crippen LogP contribution in [0.1, 0.15) is 34.2 Å². The van der Waals surface area contributed by atoms with Crippen molar-refractivity contribution < 1.29 is 0 Å². The molecule has 1 aromatic rings. The molecule has 0 amide bonds. The molecule has 19 heavy (non-hydrogen) atoms. The number of thiophene rings is 1. The molecule has 2 fully saturated rings. The summed E-state index contributed by atoms with van der Waals surface area (Å²) in [6, 6.07) is 3.67. The molecular formula is C15H25N3S. The molecule has 0 bridgehead atoms. The SMILES string of the molecule is Cc1cc(C(CN)N2CCN(C3CC3)CC2)c(C)s1. The van der Waals surface area contributed by atoms with Gasteiger partial charge in [-0.05, 0) is 38.3 Å². The molecule has 3 rings (SSSR count). The van der Waals surface area contributed by atoms with Gasteiger partial charge in [0.1, 0.15) is 0 Å². The first-order valence-corrected chi connectivity index (χ1v) is 8.26. The van der Waals surface area contributed by atoms with Crippen molar-refractivity contribution in [2.24, 2.45) is 5.73 Å². The Balaban J connectivity index is 1.67. The van der Waals surface area contributed by atoms with E-state index < -0.39 is 0 Å². The molecule has 4 heteroatoms. The molecule has 1 aliphatic heterocycles. The summed E-state index contributed by atoms with van der Waals surface area (Å²) in [7, 11) is 0. The Morgan fingerprint density at radius 3 is 2.42 bits per heavy atom. The number of hydrogen-bond donors (Lipinski definition) is 1. The summed E-state index contributed by atoms with van der Waals surface area (Å²) in [6.07, 6.45) is 2.84. The van der Waals surface area contributed by atoms with Gasteiger partial charge in [-0.25, -0.2) is 0 Å². The lowest BCUT2D eigenvalue weighted by molar-refractivity contribution is 0.0937. The first-order valence-electron chi connectivity index (χ1n) is 7.44. The van der Waals surface area contributed by atoms with Crippen LogP contribution in [-0.4, -0.2) is 48.6 Å². The van der Waals surface area contributed by atoms with E-state index in [1.165, 1.54) is 54.3 Å². The van der Waals surface area contributed by atoms with Gasteiger partial charge < -0.3 is 5.73 Å². The molecule has 0 aromatic carbocycles. The lowest BCUT2D eigenvalue weighted by atomic mass is 10.0. The van der Waals surface area contributed by atoms with E-state index in [1.54, 1.807) is 0 Å². The summed E-state index contributed by atoms with van der Waals surface area (Å²) >= 11 is 1.90. The standard InChI is InChI=1S/C15H25N3S/c1-11-9-14(12(2)19-11)15(10-16)18-7-5-17(6-8-18)13-3-4-13/h9,13,15H,3-8,10,16H2,1-2H3. The second-order valence-corrected chi connectivity index (χ2v) is 7.38. The van der Waals surface area contributed by atoms with E-state index in [-0.39, 0.29) is 0 Å². The highest BCUT2D eigenvalue weighted by Gasteiger charge is 2.33. The van der Waals surface area contributed by atoms with Crippen molar-refractivity contribution in [1.82, 2.24) is 9.80 Å². The molecular weight excluding hydrogens is 254 g/mol. The van der Waals surface area contributed by atoms with Crippen LogP contribution in [0.15, 0.2) is 6.07 Å². The van der Waals surface area contributed by atoms with Crippen LogP contribution in [0.3, 0.4) is 0 Å². The van der Waals surface area contributed by atoms with Crippen molar-refractivity contribution in [3.8, 4) is 0 Å². The molecule has 1 saturated carbocycles. The molecule has 1 aliphatic carbocycles. The van der Waals surface area contributed by atoms with E-state index in [1.807, 2.05) is 11.3 Å². The van der Waals surface area contributed by atoms with Crippen molar-refractivity contribution in [3.63, 3.8) is 0 Å². The molecule has 3 nitrogen and oxygen atoms in total. The second kappa shape index (κ2) is 5.52. The third-order valence-electron chi connectivity index (χ3n) is 4.51. The fourth-order valence-electron chi connectivity index (χ4n) is 3.31. The number of hydrogen-bond acceptors (Lipinski definition) is 4. The van der Waals surface area contributed by atoms with Gasteiger partial charge >= 0.3 is 0 Å². The van der Waals surface area contributed by atoms with Crippen LogP contribution in [0.5, 0.6) is 0 Å². The van der Waals surface area contributed by atoms with Gasteiger partial charge in [0, 0.05) is 54.6 Å². The van der Waals surface area contributed by atoms with Crippen molar-refractivity contribution in [1.29, 1.82) is 0 Å². The monoisotopic (exact) mass is 279 g/mol. The Bertz CT molecular complexity index is 431. The maximum Gasteiger partial charge on any atom is 0.0482 e. The molecule has 0 spiro atoms. The summed E-state index contributed by atoms with van der Waals surface area (Å²) in [5, 5.41) is 0. The molecule has 1 aromatic heterocycles. The number of aryl methyl sites for hydroxylation is 2. The van der Waals surface area contributed by atoms with E-state index in [2.05, 4.69) is 29.7 Å². The van der Waals surface area contributed by atoms with Gasteiger partial charge in [0.05, 0.1) is 0 Å². The second-order valence-electron chi connectivity index (χ2n) is 5.92. The van der Waals surface area contributed by atoms with Crippen LogP contribution in [0.4, 0.5) is 0 Å². The fraction of sp³-hybridized carbons (Fsp3) is 0.733. The molecule has 0 radical (unpaired) electrons. The summed E-state index contributed by atoms with van der Waals surface area (Å²) < 4.78 is 0. The molecule has 1 saturated heterocycles. The third kappa shape index (κ3) is 2.87. The van der Waals surface area contributed by atoms with Gasteiger partial charge in [0.2, 0.25) is 0 Å². The summed E-state index contributed by atoms with van der Waals surface area (Å²) in [5.41, 5.74) is 7.53. The Labute approximate surface area is 120 Å². The molecule has 2 N–H and O–H groups in total. The number of nitrogens with zero attached hydrogens (tertiary/aromatic N) is 2. The quantitative estimate of drug-likeness (QED) is 0.916. The zero-order chi connectivity index (χ0) is 13.4. The number of nitrogens with two attached hydrogens (primary N) is 1. The van der Waals surface area contributed by atoms with Crippen LogP contribution in [0.25, 0.3) is 0 Å². The molecule has 106 valence electrons. The van der Waals surface area contributed by atoms with Crippen molar-refractivity contribution >= 4 is 11.3 Å². The lowest BCUT2D eigenvalue weighted by Crippen LogP contribution is -2.49. The van der Waals surface area contributed by atoms with Crippen molar-refractivity contribution in [2.75, 3.05) is 32.7 Å². The highest BCUT2D eigenvalue weighted by atomic mass is 32.1. The average Bonchev–Trinajstić information content (AvgIpc) is 3.19. The highest BCUT2D eigenvalue weighted by molar-refractivity contribution is 7.12. The van der Waals surface area contributed by atoms with Crippen LogP contribution in [-0.2, 0) is 0 Å². The predicted octanol–water partition coefficient (Wildman–Crippen LogP) is 2.14. The zero-order valence-electron chi connectivity index (χ0n) is 12.1. The average molecular weight is 279 g/mol. The maximum absolute atomic E-state index is 6.07. The minimum absolute atomic E-state index is 0.423. The Hall–Kier alpha value is -0.420. The van der Waals surface area contributed by atoms with Gasteiger partial charge in [-0.1, -0.05) is 0 Å². The largest absolute Gasteiger partial charge is 0.329 e. The Kier molecular flexibility index (Phi) is 3.94. The first kappa shape index (κ1) is 13.6. The highest BCUT2D eigenvalue weighted by Crippen LogP contribution is 2.32. The predicted molar refractivity (Wildman–Crippen MR) is 81.8 cm³/mol. The third-order valence-corrected chi connectivity index (χ3v) is 5.50. The Morgan fingerprint density at radius 2 is 1.95 bits per heavy atom. The van der Waals surface area contributed by atoms with Gasteiger partial charge in [-0.3, -0.25) is 9.80 Å². The van der Waals surface area contributed by atoms with E-state index in [0.717, 1.165) is 12.6 Å². The van der Waals surface area contributed by atoms with Crippen LogP contribution < -0.4 is 5.73 Å². The number of rotatable bonds is 4. The molecule has 2 heterocycles. The van der Waals surface area contributed by atoms with Crippen LogP contribution in [0.2, 0.25) is 0 Å². The van der Waals surface area contributed by atoms with Crippen molar-refractivity contribution in [3.05, 3.63) is 21.4 Å². The maximum atomic E-state index is 6.07. The molecule has 1 atom stereocenters. The van der Waals surface area contributed by atoms with Crippen LogP contribution in [0, 0.1) is 13.8 Å². The zero-order valence-corrected chi connectivity index (χ0v) is 12.9. The van der Waals surface area contributed by atoms with Gasteiger partial charge in [0.15, 0.2) is 0 Å². The minimum Gasteiger partial charge on any atom is -0.329 e. The van der Waals surface area contributed by atoms with Gasteiger partial charge in [0.25, 0.3) is 0 Å².